The number of aromatic carboxylic acids is 1. The molecule has 2 aromatic rings. The Kier molecular flexibility index (Phi) is 3.18. The zero-order valence-corrected chi connectivity index (χ0v) is 9.42. The Morgan fingerprint density at radius 2 is 1.89 bits per heavy atom. The van der Waals surface area contributed by atoms with Crippen molar-refractivity contribution in [3.8, 4) is 17.1 Å². The van der Waals surface area contributed by atoms with Crippen LogP contribution < -0.4 is 4.74 Å². The van der Waals surface area contributed by atoms with Gasteiger partial charge in [0.15, 0.2) is 0 Å². The van der Waals surface area contributed by atoms with E-state index < -0.39 is 11.8 Å². The topological polar surface area (TPSA) is 72.3 Å². The third-order valence-corrected chi connectivity index (χ3v) is 2.29. The fraction of sp³-hybridized carbons (Fsp3) is 0.0833. The van der Waals surface area contributed by atoms with Gasteiger partial charge in [-0.2, -0.15) is 0 Å². The van der Waals surface area contributed by atoms with E-state index in [1.165, 1.54) is 31.6 Å². The summed E-state index contributed by atoms with van der Waals surface area (Å²) in [4.78, 5) is 18.6. The lowest BCUT2D eigenvalue weighted by Crippen LogP contribution is -1.98. The van der Waals surface area contributed by atoms with Crippen molar-refractivity contribution in [1.29, 1.82) is 0 Å². The van der Waals surface area contributed by atoms with Gasteiger partial charge in [-0.15, -0.1) is 0 Å². The molecule has 0 saturated heterocycles. The minimum atomic E-state index is -1.19. The minimum absolute atomic E-state index is 0.124. The second-order valence-corrected chi connectivity index (χ2v) is 3.49. The molecule has 0 spiro atoms. The van der Waals surface area contributed by atoms with Crippen molar-refractivity contribution in [2.45, 2.75) is 0 Å². The number of methoxy groups -OCH3 is 1. The standard InChI is InChI=1S/C12H9FN2O3/c1-18-12-14-5-9(6-15-12)7-2-8(11(16)17)4-10(13)3-7/h2-6H,1H3,(H,16,17). The van der Waals surface area contributed by atoms with E-state index in [0.717, 1.165) is 6.07 Å². The van der Waals surface area contributed by atoms with Crippen molar-refractivity contribution in [2.75, 3.05) is 7.11 Å². The van der Waals surface area contributed by atoms with Crippen molar-refractivity contribution in [1.82, 2.24) is 9.97 Å². The van der Waals surface area contributed by atoms with E-state index in [4.69, 9.17) is 9.84 Å². The second-order valence-electron chi connectivity index (χ2n) is 3.49. The van der Waals surface area contributed by atoms with E-state index in [2.05, 4.69) is 9.97 Å². The van der Waals surface area contributed by atoms with Gasteiger partial charge in [0, 0.05) is 18.0 Å². The van der Waals surface area contributed by atoms with Gasteiger partial charge < -0.3 is 9.84 Å². The molecule has 1 heterocycles. The molecule has 2 rings (SSSR count). The van der Waals surface area contributed by atoms with E-state index >= 15 is 0 Å². The van der Waals surface area contributed by atoms with Crippen LogP contribution in [0.2, 0.25) is 0 Å². The van der Waals surface area contributed by atoms with Crippen LogP contribution in [0.5, 0.6) is 6.01 Å². The van der Waals surface area contributed by atoms with E-state index in [9.17, 15) is 9.18 Å². The Morgan fingerprint density at radius 1 is 1.22 bits per heavy atom. The van der Waals surface area contributed by atoms with Crippen molar-refractivity contribution >= 4 is 5.97 Å². The first-order valence-corrected chi connectivity index (χ1v) is 5.00. The number of hydrogen-bond donors (Lipinski definition) is 1. The van der Waals surface area contributed by atoms with Crippen LogP contribution >= 0.6 is 0 Å². The van der Waals surface area contributed by atoms with Gasteiger partial charge in [-0.3, -0.25) is 0 Å². The summed E-state index contributed by atoms with van der Waals surface area (Å²) in [5, 5.41) is 8.84. The van der Waals surface area contributed by atoms with Crippen molar-refractivity contribution in [3.63, 3.8) is 0 Å². The van der Waals surface area contributed by atoms with Crippen LogP contribution in [0.15, 0.2) is 30.6 Å². The lowest BCUT2D eigenvalue weighted by atomic mass is 10.1. The molecular formula is C12H9FN2O3. The fourth-order valence-electron chi connectivity index (χ4n) is 1.45. The van der Waals surface area contributed by atoms with Crippen molar-refractivity contribution < 1.29 is 19.0 Å². The molecule has 92 valence electrons. The van der Waals surface area contributed by atoms with Gasteiger partial charge >= 0.3 is 12.0 Å². The Bertz CT molecular complexity index is 584. The molecular weight excluding hydrogens is 239 g/mol. The van der Waals surface area contributed by atoms with Gasteiger partial charge in [0.2, 0.25) is 0 Å². The molecule has 0 aliphatic rings. The molecule has 6 heteroatoms. The fourth-order valence-corrected chi connectivity index (χ4v) is 1.45. The van der Waals surface area contributed by atoms with E-state index in [1.54, 1.807) is 0 Å². The summed E-state index contributed by atoms with van der Waals surface area (Å²) in [6.45, 7) is 0. The van der Waals surface area contributed by atoms with Crippen LogP contribution in [0, 0.1) is 5.82 Å². The molecule has 0 fully saturated rings. The number of aromatic nitrogens is 2. The SMILES string of the molecule is COc1ncc(-c2cc(F)cc(C(=O)O)c2)cn1. The number of rotatable bonds is 3. The Labute approximate surface area is 102 Å². The largest absolute Gasteiger partial charge is 0.478 e. The number of nitrogens with zero attached hydrogens (tertiary/aromatic N) is 2. The predicted octanol–water partition coefficient (Wildman–Crippen LogP) is 1.99. The number of benzene rings is 1. The van der Waals surface area contributed by atoms with E-state index in [0.29, 0.717) is 11.1 Å². The van der Waals surface area contributed by atoms with E-state index in [1.807, 2.05) is 0 Å². The van der Waals surface area contributed by atoms with Gasteiger partial charge in [0.05, 0.1) is 12.7 Å². The van der Waals surface area contributed by atoms with Gasteiger partial charge in [-0.1, -0.05) is 0 Å². The average molecular weight is 248 g/mol. The van der Waals surface area contributed by atoms with Crippen LogP contribution in [0.3, 0.4) is 0 Å². The maximum absolute atomic E-state index is 13.3. The molecule has 0 radical (unpaired) electrons. The van der Waals surface area contributed by atoms with Gasteiger partial charge in [-0.05, 0) is 23.8 Å². The third kappa shape index (κ3) is 2.42. The normalized spacial score (nSPS) is 10.1. The molecule has 1 N–H and O–H groups in total. The van der Waals surface area contributed by atoms with Crippen LogP contribution in [-0.4, -0.2) is 28.2 Å². The quantitative estimate of drug-likeness (QED) is 0.899. The second kappa shape index (κ2) is 4.79. The Hall–Kier alpha value is -2.50. The van der Waals surface area contributed by atoms with Gasteiger partial charge in [-0.25, -0.2) is 19.2 Å². The maximum atomic E-state index is 13.3. The number of carboxylic acids is 1. The first-order valence-electron chi connectivity index (χ1n) is 5.00. The summed E-state index contributed by atoms with van der Waals surface area (Å²) in [6, 6.07) is 3.72. The number of ether oxygens (including phenoxy) is 1. The molecule has 0 bridgehead atoms. The molecule has 0 saturated carbocycles. The summed E-state index contributed by atoms with van der Waals surface area (Å²) in [5.41, 5.74) is 0.786. The van der Waals surface area contributed by atoms with Gasteiger partial charge in [0.25, 0.3) is 0 Å². The lowest BCUT2D eigenvalue weighted by molar-refractivity contribution is 0.0696. The highest BCUT2D eigenvalue weighted by Gasteiger charge is 2.09. The summed E-state index contributed by atoms with van der Waals surface area (Å²) in [5.74, 6) is -1.81. The van der Waals surface area contributed by atoms with Crippen LogP contribution in [0.1, 0.15) is 10.4 Å². The highest BCUT2D eigenvalue weighted by molar-refractivity contribution is 5.89. The molecule has 18 heavy (non-hydrogen) atoms. The molecule has 0 amide bonds. The highest BCUT2D eigenvalue weighted by Crippen LogP contribution is 2.21. The third-order valence-electron chi connectivity index (χ3n) is 2.29. The number of carbonyl (C=O) groups is 1. The highest BCUT2D eigenvalue weighted by atomic mass is 19.1. The van der Waals surface area contributed by atoms with Crippen LogP contribution in [-0.2, 0) is 0 Å². The van der Waals surface area contributed by atoms with Gasteiger partial charge in [0.1, 0.15) is 5.82 Å². The van der Waals surface area contributed by atoms with Crippen LogP contribution in [0.25, 0.3) is 11.1 Å². The smallest absolute Gasteiger partial charge is 0.335 e. The minimum Gasteiger partial charge on any atom is -0.478 e. The monoisotopic (exact) mass is 248 g/mol. The summed E-state index contributed by atoms with van der Waals surface area (Å²) in [6.07, 6.45) is 2.87. The number of halogens is 1. The molecule has 1 aromatic heterocycles. The summed E-state index contributed by atoms with van der Waals surface area (Å²) in [7, 11) is 1.43. The molecule has 0 aliphatic heterocycles. The molecule has 0 aliphatic carbocycles. The average Bonchev–Trinajstić information content (AvgIpc) is 2.38. The summed E-state index contributed by atoms with van der Waals surface area (Å²) < 4.78 is 18.1. The van der Waals surface area contributed by atoms with Crippen LogP contribution in [0.4, 0.5) is 4.39 Å². The summed E-state index contributed by atoms with van der Waals surface area (Å²) >= 11 is 0. The molecule has 0 unspecified atom stereocenters. The lowest BCUT2D eigenvalue weighted by Gasteiger charge is -2.04. The van der Waals surface area contributed by atoms with Crippen molar-refractivity contribution in [2.24, 2.45) is 0 Å². The molecule has 5 nitrogen and oxygen atoms in total. The zero-order valence-electron chi connectivity index (χ0n) is 9.42. The maximum Gasteiger partial charge on any atom is 0.335 e. The van der Waals surface area contributed by atoms with Crippen molar-refractivity contribution in [3.05, 3.63) is 42.0 Å². The predicted molar refractivity (Wildman–Crippen MR) is 60.9 cm³/mol. The Morgan fingerprint density at radius 3 is 2.44 bits per heavy atom. The first-order chi connectivity index (χ1) is 8.60. The first kappa shape index (κ1) is 12.0. The molecule has 1 aromatic carbocycles. The molecule has 0 atom stereocenters. The Balaban J connectivity index is 2.46. The zero-order chi connectivity index (χ0) is 13.1. The van der Waals surface area contributed by atoms with E-state index in [-0.39, 0.29) is 11.6 Å². The number of carboxylic acid groups (broad SMARTS) is 1. The number of hydrogen-bond acceptors (Lipinski definition) is 4.